The summed E-state index contributed by atoms with van der Waals surface area (Å²) in [5, 5.41) is 10.2. The minimum Gasteiger partial charge on any atom is -0.481 e. The van der Waals surface area contributed by atoms with Crippen LogP contribution in [0.25, 0.3) is 0 Å². The number of nitrogens with zero attached hydrogens (tertiary/aromatic N) is 2. The summed E-state index contributed by atoms with van der Waals surface area (Å²) in [5.74, 6) is -1.21. The summed E-state index contributed by atoms with van der Waals surface area (Å²) in [6, 6.07) is 4.70. The van der Waals surface area contributed by atoms with Crippen LogP contribution in [-0.4, -0.2) is 58.9 Å². The third-order valence-electron chi connectivity index (χ3n) is 5.28. The number of benzene rings is 1. The molecule has 0 radical (unpaired) electrons. The molecule has 2 fully saturated rings. The van der Waals surface area contributed by atoms with Gasteiger partial charge >= 0.3 is 5.97 Å². The standard InChI is InChI=1S/C18H20Cl2N2O4/c19-13-8-12(9-14(20)10-13)16(24)22-6-4-21(5-7-22)15(23)11-18(17(25)26)2-1-3-18/h8-10H,1-7,11H2,(H,25,26). The molecular formula is C18H20Cl2N2O4. The summed E-state index contributed by atoms with van der Waals surface area (Å²) in [5.41, 5.74) is -0.469. The van der Waals surface area contributed by atoms with Gasteiger partial charge in [0.05, 0.1) is 5.41 Å². The number of carboxylic acids is 1. The van der Waals surface area contributed by atoms with Gasteiger partial charge in [-0.25, -0.2) is 0 Å². The molecule has 0 spiro atoms. The molecule has 0 bridgehead atoms. The Kier molecular flexibility index (Phi) is 5.44. The van der Waals surface area contributed by atoms with Gasteiger partial charge in [-0.1, -0.05) is 29.6 Å². The number of amides is 2. The SMILES string of the molecule is O=C(CC1(C(=O)O)CCC1)N1CCN(C(=O)c2cc(Cl)cc(Cl)c2)CC1. The van der Waals surface area contributed by atoms with Crippen LogP contribution in [0.15, 0.2) is 18.2 Å². The fraction of sp³-hybridized carbons (Fsp3) is 0.500. The van der Waals surface area contributed by atoms with E-state index in [1.807, 2.05) is 0 Å². The third-order valence-corrected chi connectivity index (χ3v) is 5.72. The molecule has 1 aliphatic carbocycles. The molecule has 6 nitrogen and oxygen atoms in total. The van der Waals surface area contributed by atoms with Gasteiger partial charge in [0.15, 0.2) is 0 Å². The maximum atomic E-state index is 12.6. The van der Waals surface area contributed by atoms with Crippen LogP contribution in [0.1, 0.15) is 36.0 Å². The van der Waals surface area contributed by atoms with Crippen molar-refractivity contribution in [3.05, 3.63) is 33.8 Å². The van der Waals surface area contributed by atoms with Crippen molar-refractivity contribution in [1.29, 1.82) is 0 Å². The molecule has 26 heavy (non-hydrogen) atoms. The van der Waals surface area contributed by atoms with Crippen LogP contribution in [0.4, 0.5) is 0 Å². The highest BCUT2D eigenvalue weighted by Crippen LogP contribution is 2.44. The summed E-state index contributed by atoms with van der Waals surface area (Å²) in [7, 11) is 0. The summed E-state index contributed by atoms with van der Waals surface area (Å²) in [6.07, 6.45) is 2.01. The predicted octanol–water partition coefficient (Wildman–Crippen LogP) is 2.92. The smallest absolute Gasteiger partial charge is 0.310 e. The summed E-state index contributed by atoms with van der Waals surface area (Å²) in [6.45, 7) is 1.59. The molecule has 1 aliphatic heterocycles. The quantitative estimate of drug-likeness (QED) is 0.845. The molecule has 1 saturated carbocycles. The van der Waals surface area contributed by atoms with Crippen LogP contribution in [0.5, 0.6) is 0 Å². The van der Waals surface area contributed by atoms with E-state index in [4.69, 9.17) is 23.2 Å². The second-order valence-corrected chi connectivity index (χ2v) is 7.82. The molecule has 2 aliphatic rings. The number of halogens is 2. The van der Waals surface area contributed by atoms with Gasteiger partial charge < -0.3 is 14.9 Å². The first-order valence-electron chi connectivity index (χ1n) is 8.57. The van der Waals surface area contributed by atoms with E-state index in [1.165, 1.54) is 0 Å². The number of hydrogen-bond acceptors (Lipinski definition) is 3. The van der Waals surface area contributed by atoms with Gasteiger partial charge in [-0.05, 0) is 31.0 Å². The molecule has 0 aromatic heterocycles. The number of carbonyl (C=O) groups excluding carboxylic acids is 2. The second-order valence-electron chi connectivity index (χ2n) is 6.95. The normalized spacial score (nSPS) is 19.0. The van der Waals surface area contributed by atoms with Gasteiger partial charge in [-0.3, -0.25) is 14.4 Å². The molecule has 1 heterocycles. The maximum Gasteiger partial charge on any atom is 0.310 e. The Morgan fingerprint density at radius 2 is 1.50 bits per heavy atom. The monoisotopic (exact) mass is 398 g/mol. The molecule has 2 amide bonds. The molecular weight excluding hydrogens is 379 g/mol. The van der Waals surface area contributed by atoms with Gasteiger partial charge in [0.25, 0.3) is 5.91 Å². The number of rotatable bonds is 4. The largest absolute Gasteiger partial charge is 0.481 e. The highest BCUT2D eigenvalue weighted by atomic mass is 35.5. The molecule has 1 aromatic rings. The van der Waals surface area contributed by atoms with Crippen LogP contribution in [-0.2, 0) is 9.59 Å². The Bertz CT molecular complexity index is 720. The lowest BCUT2D eigenvalue weighted by molar-refractivity contribution is -0.159. The van der Waals surface area contributed by atoms with Crippen LogP contribution in [0.2, 0.25) is 10.0 Å². The fourth-order valence-corrected chi connectivity index (χ4v) is 4.02. The molecule has 1 N–H and O–H groups in total. The number of carboxylic acid groups (broad SMARTS) is 1. The first kappa shape index (κ1) is 19.0. The topological polar surface area (TPSA) is 77.9 Å². The Morgan fingerprint density at radius 1 is 0.962 bits per heavy atom. The van der Waals surface area contributed by atoms with Gasteiger partial charge in [0.2, 0.25) is 5.91 Å². The van der Waals surface area contributed by atoms with Crippen LogP contribution < -0.4 is 0 Å². The zero-order chi connectivity index (χ0) is 18.9. The zero-order valence-electron chi connectivity index (χ0n) is 14.2. The van der Waals surface area contributed by atoms with E-state index in [2.05, 4.69) is 0 Å². The summed E-state index contributed by atoms with van der Waals surface area (Å²) < 4.78 is 0. The van der Waals surface area contributed by atoms with Crippen molar-refractivity contribution >= 4 is 41.0 Å². The molecule has 140 valence electrons. The fourth-order valence-electron chi connectivity index (χ4n) is 3.49. The minimum atomic E-state index is -0.887. The van der Waals surface area contributed by atoms with Crippen molar-refractivity contribution in [2.24, 2.45) is 5.41 Å². The van der Waals surface area contributed by atoms with Crippen molar-refractivity contribution < 1.29 is 19.5 Å². The third kappa shape index (κ3) is 3.81. The van der Waals surface area contributed by atoms with E-state index in [0.29, 0.717) is 54.6 Å². The van der Waals surface area contributed by atoms with Gasteiger partial charge in [0, 0.05) is 48.2 Å². The predicted molar refractivity (Wildman–Crippen MR) is 97.5 cm³/mol. The van der Waals surface area contributed by atoms with Crippen molar-refractivity contribution in [3.63, 3.8) is 0 Å². The second kappa shape index (κ2) is 7.45. The Morgan fingerprint density at radius 3 is 1.96 bits per heavy atom. The van der Waals surface area contributed by atoms with Crippen molar-refractivity contribution in [2.75, 3.05) is 26.2 Å². The highest BCUT2D eigenvalue weighted by molar-refractivity contribution is 6.35. The number of aliphatic carboxylic acids is 1. The number of carbonyl (C=O) groups is 3. The lowest BCUT2D eigenvalue weighted by Crippen LogP contribution is -2.52. The Balaban J connectivity index is 1.57. The van der Waals surface area contributed by atoms with E-state index in [0.717, 1.165) is 6.42 Å². The molecule has 3 rings (SSSR count). The Labute approximate surface area is 161 Å². The summed E-state index contributed by atoms with van der Waals surface area (Å²) >= 11 is 11.9. The summed E-state index contributed by atoms with van der Waals surface area (Å²) in [4.78, 5) is 39.8. The zero-order valence-corrected chi connectivity index (χ0v) is 15.7. The average molecular weight is 399 g/mol. The van der Waals surface area contributed by atoms with Crippen molar-refractivity contribution in [1.82, 2.24) is 9.80 Å². The van der Waals surface area contributed by atoms with E-state index in [-0.39, 0.29) is 18.2 Å². The first-order chi connectivity index (χ1) is 12.3. The molecule has 8 heteroatoms. The van der Waals surface area contributed by atoms with E-state index < -0.39 is 11.4 Å². The van der Waals surface area contributed by atoms with Crippen molar-refractivity contribution in [2.45, 2.75) is 25.7 Å². The molecule has 1 saturated heterocycles. The minimum absolute atomic E-state index is 0.0418. The van der Waals surface area contributed by atoms with Gasteiger partial charge in [-0.15, -0.1) is 0 Å². The lowest BCUT2D eigenvalue weighted by atomic mass is 9.66. The molecule has 0 atom stereocenters. The van der Waals surface area contributed by atoms with E-state index in [9.17, 15) is 19.5 Å². The van der Waals surface area contributed by atoms with Crippen LogP contribution in [0, 0.1) is 5.41 Å². The number of piperazine rings is 1. The maximum absolute atomic E-state index is 12.6. The van der Waals surface area contributed by atoms with Gasteiger partial charge in [-0.2, -0.15) is 0 Å². The highest BCUT2D eigenvalue weighted by Gasteiger charge is 2.46. The number of hydrogen-bond donors (Lipinski definition) is 1. The first-order valence-corrected chi connectivity index (χ1v) is 9.33. The van der Waals surface area contributed by atoms with Crippen LogP contribution >= 0.6 is 23.2 Å². The van der Waals surface area contributed by atoms with E-state index in [1.54, 1.807) is 28.0 Å². The molecule has 1 aromatic carbocycles. The van der Waals surface area contributed by atoms with Gasteiger partial charge in [0.1, 0.15) is 0 Å². The lowest BCUT2D eigenvalue weighted by Gasteiger charge is -2.40. The Hall–Kier alpha value is -1.79. The van der Waals surface area contributed by atoms with Crippen molar-refractivity contribution in [3.8, 4) is 0 Å². The average Bonchev–Trinajstić information content (AvgIpc) is 2.56. The molecule has 0 unspecified atom stereocenters. The van der Waals surface area contributed by atoms with E-state index >= 15 is 0 Å². The van der Waals surface area contributed by atoms with Crippen LogP contribution in [0.3, 0.4) is 0 Å².